The molecule has 2 aliphatic rings. The number of Topliss-reactive ketones (excluding diaryl/α,β-unsaturated/α-hetero) is 1. The molecule has 132 valence electrons. The average Bonchev–Trinajstić information content (AvgIpc) is 3.00. The second-order valence-corrected chi connectivity index (χ2v) is 7.89. The first-order valence-electron chi connectivity index (χ1n) is 8.66. The second kappa shape index (κ2) is 6.37. The molecule has 0 amide bonds. The summed E-state index contributed by atoms with van der Waals surface area (Å²) >= 11 is 3.42. The minimum absolute atomic E-state index is 0.0516. The Bertz CT molecular complexity index is 1010. The van der Waals surface area contributed by atoms with Crippen molar-refractivity contribution in [3.05, 3.63) is 75.9 Å². The van der Waals surface area contributed by atoms with Gasteiger partial charge in [0, 0.05) is 16.6 Å². The van der Waals surface area contributed by atoms with Crippen molar-refractivity contribution >= 4 is 27.8 Å². The minimum atomic E-state index is -1.37. The van der Waals surface area contributed by atoms with E-state index in [-0.39, 0.29) is 5.78 Å². The zero-order chi connectivity index (χ0) is 19.2. The maximum absolute atomic E-state index is 12.7. The van der Waals surface area contributed by atoms with E-state index in [1.54, 1.807) is 0 Å². The number of hydrogen-bond donors (Lipinski definition) is 0. The normalized spacial score (nSPS) is 24.4. The fraction of sp³-hybridized carbons (Fsp3) is 0.227. The Balaban J connectivity index is 2.00. The van der Waals surface area contributed by atoms with Gasteiger partial charge in [-0.1, -0.05) is 52.3 Å². The summed E-state index contributed by atoms with van der Waals surface area (Å²) in [6.07, 6.45) is 3.81. The average molecular weight is 418 g/mol. The molecule has 0 aromatic heterocycles. The summed E-state index contributed by atoms with van der Waals surface area (Å²) in [7, 11) is 0. The SMILES string of the molecule is CC(=O)[C@@H]1[C@@H](c2ccc(Br)cc2)C(C#N)(C#N)[C@H]2c3ccccc3C=CN12. The fourth-order valence-corrected chi connectivity index (χ4v) is 4.76. The van der Waals surface area contributed by atoms with Crippen molar-refractivity contribution in [2.24, 2.45) is 5.41 Å². The molecule has 2 aliphatic heterocycles. The number of hydrogen-bond acceptors (Lipinski definition) is 4. The number of rotatable bonds is 2. The van der Waals surface area contributed by atoms with Gasteiger partial charge in [0.25, 0.3) is 0 Å². The van der Waals surface area contributed by atoms with Crippen LogP contribution in [0.25, 0.3) is 6.08 Å². The van der Waals surface area contributed by atoms with E-state index >= 15 is 0 Å². The molecule has 2 heterocycles. The lowest BCUT2D eigenvalue weighted by atomic mass is 9.68. The van der Waals surface area contributed by atoms with Gasteiger partial charge < -0.3 is 4.90 Å². The molecule has 0 aliphatic carbocycles. The number of nitriles is 2. The van der Waals surface area contributed by atoms with Gasteiger partial charge in [0.15, 0.2) is 11.2 Å². The van der Waals surface area contributed by atoms with Crippen molar-refractivity contribution in [3.63, 3.8) is 0 Å². The number of carbonyl (C=O) groups is 1. The van der Waals surface area contributed by atoms with Crippen LogP contribution in [0.15, 0.2) is 59.2 Å². The highest BCUT2D eigenvalue weighted by Gasteiger charge is 2.63. The van der Waals surface area contributed by atoms with E-state index in [4.69, 9.17) is 0 Å². The summed E-state index contributed by atoms with van der Waals surface area (Å²) in [5, 5.41) is 20.4. The van der Waals surface area contributed by atoms with E-state index in [2.05, 4.69) is 28.1 Å². The third-order valence-corrected chi connectivity index (χ3v) is 6.12. The summed E-state index contributed by atoms with van der Waals surface area (Å²) < 4.78 is 0.908. The third-order valence-electron chi connectivity index (χ3n) is 5.59. The zero-order valence-corrected chi connectivity index (χ0v) is 16.2. The monoisotopic (exact) mass is 417 g/mol. The first-order valence-corrected chi connectivity index (χ1v) is 9.46. The Hall–Kier alpha value is -2.89. The van der Waals surface area contributed by atoms with Crippen LogP contribution >= 0.6 is 15.9 Å². The zero-order valence-electron chi connectivity index (χ0n) is 14.6. The van der Waals surface area contributed by atoms with Gasteiger partial charge in [-0.3, -0.25) is 4.79 Å². The quantitative estimate of drug-likeness (QED) is 0.717. The van der Waals surface area contributed by atoms with Gasteiger partial charge in [0.05, 0.1) is 24.2 Å². The van der Waals surface area contributed by atoms with Crippen LogP contribution in [0, 0.1) is 28.1 Å². The number of nitrogens with zero attached hydrogens (tertiary/aromatic N) is 3. The van der Waals surface area contributed by atoms with Crippen LogP contribution in [0.4, 0.5) is 0 Å². The minimum Gasteiger partial charge on any atom is -0.357 e. The van der Waals surface area contributed by atoms with Gasteiger partial charge in [0.2, 0.25) is 0 Å². The van der Waals surface area contributed by atoms with E-state index in [1.165, 1.54) is 6.92 Å². The first-order chi connectivity index (χ1) is 13.0. The highest BCUT2D eigenvalue weighted by Crippen LogP contribution is 2.59. The Morgan fingerprint density at radius 2 is 1.78 bits per heavy atom. The molecule has 2 aromatic rings. The van der Waals surface area contributed by atoms with E-state index in [0.717, 1.165) is 21.2 Å². The molecule has 0 unspecified atom stereocenters. The predicted octanol–water partition coefficient (Wildman–Crippen LogP) is 4.57. The number of ketones is 1. The lowest BCUT2D eigenvalue weighted by Crippen LogP contribution is -2.36. The van der Waals surface area contributed by atoms with Crippen molar-refractivity contribution in [1.29, 1.82) is 10.5 Å². The molecule has 0 N–H and O–H groups in total. The summed E-state index contributed by atoms with van der Waals surface area (Å²) in [5.74, 6) is -0.594. The molecule has 1 fully saturated rings. The van der Waals surface area contributed by atoms with Crippen LogP contribution in [-0.2, 0) is 4.79 Å². The van der Waals surface area contributed by atoms with Crippen LogP contribution in [0.5, 0.6) is 0 Å². The maximum atomic E-state index is 12.7. The lowest BCUT2D eigenvalue weighted by molar-refractivity contribution is -0.121. The summed E-state index contributed by atoms with van der Waals surface area (Å²) in [5.41, 5.74) is 1.34. The van der Waals surface area contributed by atoms with Crippen LogP contribution in [0.1, 0.15) is 35.6 Å². The summed E-state index contributed by atoms with van der Waals surface area (Å²) in [6.45, 7) is 1.53. The van der Waals surface area contributed by atoms with Gasteiger partial charge in [0.1, 0.15) is 0 Å². The first kappa shape index (κ1) is 17.5. The Morgan fingerprint density at radius 1 is 1.11 bits per heavy atom. The lowest BCUT2D eigenvalue weighted by Gasteiger charge is -2.34. The number of halogens is 1. The summed E-state index contributed by atoms with van der Waals surface area (Å²) in [4.78, 5) is 14.6. The van der Waals surface area contributed by atoms with E-state index < -0.39 is 23.4 Å². The van der Waals surface area contributed by atoms with Crippen LogP contribution in [0.2, 0.25) is 0 Å². The summed E-state index contributed by atoms with van der Waals surface area (Å²) in [6, 6.07) is 18.9. The largest absolute Gasteiger partial charge is 0.357 e. The number of benzene rings is 2. The van der Waals surface area contributed by atoms with Crippen molar-refractivity contribution in [2.75, 3.05) is 0 Å². The topological polar surface area (TPSA) is 67.9 Å². The predicted molar refractivity (Wildman–Crippen MR) is 105 cm³/mol. The Kier molecular flexibility index (Phi) is 4.13. The van der Waals surface area contributed by atoms with Gasteiger partial charge in [-0.25, -0.2) is 0 Å². The Morgan fingerprint density at radius 3 is 2.41 bits per heavy atom. The van der Waals surface area contributed by atoms with Crippen molar-refractivity contribution < 1.29 is 4.79 Å². The smallest absolute Gasteiger partial charge is 0.177 e. The molecule has 27 heavy (non-hydrogen) atoms. The molecule has 4 rings (SSSR count). The standard InChI is InChI=1S/C22H16BrN3O/c1-14(27)20-19(16-6-8-17(23)9-7-16)22(12-24,13-25)21-18-5-3-2-4-15(18)10-11-26(20)21/h2-11,19-21H,1H3/t19-,20-,21-/m1/s1. The molecule has 5 heteroatoms. The van der Waals surface area contributed by atoms with Crippen LogP contribution in [0.3, 0.4) is 0 Å². The molecule has 0 saturated carbocycles. The molecule has 1 saturated heterocycles. The fourth-order valence-electron chi connectivity index (χ4n) is 4.50. The molecule has 4 nitrogen and oxygen atoms in total. The van der Waals surface area contributed by atoms with Crippen molar-refractivity contribution in [2.45, 2.75) is 24.9 Å². The van der Waals surface area contributed by atoms with Crippen molar-refractivity contribution in [3.8, 4) is 12.1 Å². The molecule has 0 bridgehead atoms. The van der Waals surface area contributed by atoms with Crippen LogP contribution < -0.4 is 0 Å². The highest BCUT2D eigenvalue weighted by atomic mass is 79.9. The number of fused-ring (bicyclic) bond motifs is 3. The number of carbonyl (C=O) groups excluding carboxylic acids is 1. The van der Waals surface area contributed by atoms with E-state index in [9.17, 15) is 15.3 Å². The molecular formula is C22H16BrN3O. The third kappa shape index (κ3) is 2.43. The Labute approximate surface area is 166 Å². The van der Waals surface area contributed by atoms with Crippen molar-refractivity contribution in [1.82, 2.24) is 4.90 Å². The molecule has 3 atom stereocenters. The van der Waals surface area contributed by atoms with Gasteiger partial charge in [-0.05, 0) is 41.8 Å². The van der Waals surface area contributed by atoms with E-state index in [1.807, 2.05) is 65.7 Å². The van der Waals surface area contributed by atoms with Gasteiger partial charge in [-0.2, -0.15) is 10.5 Å². The van der Waals surface area contributed by atoms with Crippen LogP contribution in [-0.4, -0.2) is 16.7 Å². The molecular weight excluding hydrogens is 402 g/mol. The molecule has 2 aromatic carbocycles. The second-order valence-electron chi connectivity index (χ2n) is 6.97. The molecule has 0 spiro atoms. The molecule has 0 radical (unpaired) electrons. The van der Waals surface area contributed by atoms with Gasteiger partial charge in [-0.15, -0.1) is 0 Å². The van der Waals surface area contributed by atoms with E-state index in [0.29, 0.717) is 0 Å². The maximum Gasteiger partial charge on any atom is 0.177 e. The van der Waals surface area contributed by atoms with Gasteiger partial charge >= 0.3 is 0 Å². The highest BCUT2D eigenvalue weighted by molar-refractivity contribution is 9.10.